The third-order valence-electron chi connectivity index (χ3n) is 3.97. The highest BCUT2D eigenvalue weighted by atomic mass is 16.5. The van der Waals surface area contributed by atoms with Gasteiger partial charge < -0.3 is 15.0 Å². The number of nitrogens with zero attached hydrogens (tertiary/aromatic N) is 1. The summed E-state index contributed by atoms with van der Waals surface area (Å²) in [7, 11) is 0. The van der Waals surface area contributed by atoms with Crippen molar-refractivity contribution >= 4 is 5.69 Å². The SMILES string of the molecule is Cc1cc(OCCC(C)(C)C)ccc1N1CCCNCC1. The molecule has 1 aromatic carbocycles. The van der Waals surface area contributed by atoms with Gasteiger partial charge in [0.25, 0.3) is 0 Å². The average Bonchev–Trinajstić information content (AvgIpc) is 2.66. The molecule has 0 saturated carbocycles. The maximum absolute atomic E-state index is 5.90. The lowest BCUT2D eigenvalue weighted by Crippen LogP contribution is -2.28. The number of anilines is 1. The molecule has 1 aliphatic rings. The molecule has 1 heterocycles. The van der Waals surface area contributed by atoms with Crippen LogP contribution in [0.25, 0.3) is 0 Å². The van der Waals surface area contributed by atoms with Crippen molar-refractivity contribution in [1.29, 1.82) is 0 Å². The molecule has 3 nitrogen and oxygen atoms in total. The van der Waals surface area contributed by atoms with E-state index >= 15 is 0 Å². The van der Waals surface area contributed by atoms with E-state index in [1.807, 2.05) is 0 Å². The monoisotopic (exact) mass is 290 g/mol. The van der Waals surface area contributed by atoms with Crippen LogP contribution in [-0.2, 0) is 0 Å². The minimum absolute atomic E-state index is 0.327. The highest BCUT2D eigenvalue weighted by Gasteiger charge is 2.13. The number of hydrogen-bond acceptors (Lipinski definition) is 3. The molecule has 1 aliphatic heterocycles. The summed E-state index contributed by atoms with van der Waals surface area (Å²) in [6.07, 6.45) is 2.29. The van der Waals surface area contributed by atoms with E-state index in [1.165, 1.54) is 17.7 Å². The Labute approximate surface area is 129 Å². The number of aryl methyl sites for hydroxylation is 1. The van der Waals surface area contributed by atoms with E-state index < -0.39 is 0 Å². The van der Waals surface area contributed by atoms with E-state index in [1.54, 1.807) is 0 Å². The molecule has 0 amide bonds. The number of ether oxygens (including phenoxy) is 1. The van der Waals surface area contributed by atoms with Gasteiger partial charge in [0.05, 0.1) is 6.61 Å². The molecule has 0 aliphatic carbocycles. The van der Waals surface area contributed by atoms with E-state index in [0.717, 1.165) is 45.0 Å². The normalized spacial score (nSPS) is 16.7. The van der Waals surface area contributed by atoms with Crippen molar-refractivity contribution in [2.75, 3.05) is 37.7 Å². The van der Waals surface area contributed by atoms with E-state index in [0.29, 0.717) is 5.41 Å². The van der Waals surface area contributed by atoms with Gasteiger partial charge in [-0.15, -0.1) is 0 Å². The molecule has 118 valence electrons. The molecule has 1 fully saturated rings. The molecule has 21 heavy (non-hydrogen) atoms. The smallest absolute Gasteiger partial charge is 0.119 e. The molecule has 0 bridgehead atoms. The molecule has 2 rings (SSSR count). The van der Waals surface area contributed by atoms with Crippen molar-refractivity contribution in [2.45, 2.75) is 40.5 Å². The summed E-state index contributed by atoms with van der Waals surface area (Å²) >= 11 is 0. The Morgan fingerprint density at radius 3 is 2.71 bits per heavy atom. The summed E-state index contributed by atoms with van der Waals surface area (Å²) in [5.41, 5.74) is 2.99. The molecular formula is C18H30N2O. The zero-order chi connectivity index (χ0) is 15.3. The topological polar surface area (TPSA) is 24.5 Å². The first kappa shape index (κ1) is 16.2. The van der Waals surface area contributed by atoms with Gasteiger partial charge in [-0.2, -0.15) is 0 Å². The van der Waals surface area contributed by atoms with Crippen molar-refractivity contribution in [2.24, 2.45) is 5.41 Å². The first-order valence-electron chi connectivity index (χ1n) is 8.15. The fourth-order valence-electron chi connectivity index (χ4n) is 2.63. The van der Waals surface area contributed by atoms with Crippen LogP contribution < -0.4 is 15.0 Å². The lowest BCUT2D eigenvalue weighted by Gasteiger charge is -2.25. The summed E-state index contributed by atoms with van der Waals surface area (Å²) in [5, 5.41) is 3.45. The lowest BCUT2D eigenvalue weighted by molar-refractivity contribution is 0.243. The summed E-state index contributed by atoms with van der Waals surface area (Å²) in [4.78, 5) is 2.48. The van der Waals surface area contributed by atoms with Crippen LogP contribution in [0.5, 0.6) is 5.75 Å². The molecule has 0 radical (unpaired) electrons. The van der Waals surface area contributed by atoms with Crippen molar-refractivity contribution < 1.29 is 4.74 Å². The Hall–Kier alpha value is -1.22. The quantitative estimate of drug-likeness (QED) is 0.917. The first-order valence-corrected chi connectivity index (χ1v) is 8.15. The van der Waals surface area contributed by atoms with Crippen LogP contribution in [0.1, 0.15) is 39.2 Å². The van der Waals surface area contributed by atoms with Crippen molar-refractivity contribution in [3.05, 3.63) is 23.8 Å². The van der Waals surface area contributed by atoms with Crippen molar-refractivity contribution in [3.63, 3.8) is 0 Å². The van der Waals surface area contributed by atoms with Crippen LogP contribution in [0, 0.1) is 12.3 Å². The van der Waals surface area contributed by atoms with Gasteiger partial charge in [-0.25, -0.2) is 0 Å². The van der Waals surface area contributed by atoms with Gasteiger partial charge in [-0.1, -0.05) is 20.8 Å². The third-order valence-corrected chi connectivity index (χ3v) is 3.97. The summed E-state index contributed by atoms with van der Waals surface area (Å²) in [5.74, 6) is 0.994. The molecule has 0 atom stereocenters. The molecule has 0 unspecified atom stereocenters. The maximum atomic E-state index is 5.90. The summed E-state index contributed by atoms with van der Waals surface area (Å²) < 4.78 is 5.90. The number of benzene rings is 1. The second-order valence-electron chi connectivity index (χ2n) is 7.20. The Bertz CT molecular complexity index is 443. The Balaban J connectivity index is 1.96. The van der Waals surface area contributed by atoms with Gasteiger partial charge in [-0.05, 0) is 55.5 Å². The van der Waals surface area contributed by atoms with E-state index in [2.05, 4.69) is 56.1 Å². The average molecular weight is 290 g/mol. The van der Waals surface area contributed by atoms with Gasteiger partial charge in [0, 0.05) is 25.3 Å². The predicted molar refractivity (Wildman–Crippen MR) is 90.4 cm³/mol. The minimum Gasteiger partial charge on any atom is -0.494 e. The highest BCUT2D eigenvalue weighted by molar-refractivity contribution is 5.56. The molecule has 3 heteroatoms. The van der Waals surface area contributed by atoms with Gasteiger partial charge in [0.1, 0.15) is 5.75 Å². The number of rotatable bonds is 4. The number of hydrogen-bond donors (Lipinski definition) is 1. The standard InChI is InChI=1S/C18H30N2O/c1-15-14-16(21-13-8-18(2,3)4)6-7-17(15)20-11-5-9-19-10-12-20/h6-7,14,19H,5,8-13H2,1-4H3. The van der Waals surface area contributed by atoms with Gasteiger partial charge in [0.15, 0.2) is 0 Å². The van der Waals surface area contributed by atoms with Crippen LogP contribution in [-0.4, -0.2) is 32.8 Å². The van der Waals surface area contributed by atoms with Crippen LogP contribution in [0.15, 0.2) is 18.2 Å². The van der Waals surface area contributed by atoms with E-state index in [-0.39, 0.29) is 0 Å². The van der Waals surface area contributed by atoms with E-state index in [4.69, 9.17) is 4.74 Å². The lowest BCUT2D eigenvalue weighted by atomic mass is 9.93. The van der Waals surface area contributed by atoms with Crippen LogP contribution in [0.4, 0.5) is 5.69 Å². The minimum atomic E-state index is 0.327. The fourth-order valence-corrected chi connectivity index (χ4v) is 2.63. The summed E-state index contributed by atoms with van der Waals surface area (Å²) in [6.45, 7) is 14.1. The highest BCUT2D eigenvalue weighted by Crippen LogP contribution is 2.26. The molecule has 1 saturated heterocycles. The van der Waals surface area contributed by atoms with E-state index in [9.17, 15) is 0 Å². The number of nitrogens with one attached hydrogen (secondary N) is 1. The molecule has 0 spiro atoms. The van der Waals surface area contributed by atoms with Crippen LogP contribution in [0.2, 0.25) is 0 Å². The van der Waals surface area contributed by atoms with Crippen LogP contribution >= 0.6 is 0 Å². The first-order chi connectivity index (χ1) is 9.96. The Morgan fingerprint density at radius 2 is 2.00 bits per heavy atom. The predicted octanol–water partition coefficient (Wildman–Crippen LogP) is 3.61. The largest absolute Gasteiger partial charge is 0.494 e. The Morgan fingerprint density at radius 1 is 1.19 bits per heavy atom. The zero-order valence-electron chi connectivity index (χ0n) is 14.0. The fraction of sp³-hybridized carbons (Fsp3) is 0.667. The van der Waals surface area contributed by atoms with Gasteiger partial charge >= 0.3 is 0 Å². The second-order valence-corrected chi connectivity index (χ2v) is 7.20. The summed E-state index contributed by atoms with van der Waals surface area (Å²) in [6, 6.07) is 6.51. The molecule has 0 aromatic heterocycles. The molecule has 1 aromatic rings. The van der Waals surface area contributed by atoms with Gasteiger partial charge in [-0.3, -0.25) is 0 Å². The molecular weight excluding hydrogens is 260 g/mol. The third kappa shape index (κ3) is 5.24. The molecule has 1 N–H and O–H groups in total. The zero-order valence-corrected chi connectivity index (χ0v) is 14.0. The second kappa shape index (κ2) is 7.17. The Kier molecular flexibility index (Phi) is 5.51. The van der Waals surface area contributed by atoms with Crippen LogP contribution in [0.3, 0.4) is 0 Å². The van der Waals surface area contributed by atoms with Gasteiger partial charge in [0.2, 0.25) is 0 Å². The maximum Gasteiger partial charge on any atom is 0.119 e. The van der Waals surface area contributed by atoms with Crippen molar-refractivity contribution in [3.8, 4) is 5.75 Å². The van der Waals surface area contributed by atoms with Crippen molar-refractivity contribution in [1.82, 2.24) is 5.32 Å².